The van der Waals surface area contributed by atoms with Gasteiger partial charge in [-0.3, -0.25) is 4.98 Å². The van der Waals surface area contributed by atoms with E-state index in [9.17, 15) is 0 Å². The monoisotopic (exact) mass is 355 g/mol. The summed E-state index contributed by atoms with van der Waals surface area (Å²) in [5.74, 6) is 0. The molecule has 0 amide bonds. The minimum atomic E-state index is 0.608. The maximum absolute atomic E-state index is 5.88. The van der Waals surface area contributed by atoms with E-state index in [1.807, 2.05) is 13.0 Å². The van der Waals surface area contributed by atoms with E-state index in [1.165, 1.54) is 5.56 Å². The minimum absolute atomic E-state index is 0.608. The number of benzene rings is 1. The summed E-state index contributed by atoms with van der Waals surface area (Å²) >= 11 is 6.89. The first-order valence-electron chi connectivity index (χ1n) is 4.99. The zero-order chi connectivity index (χ0) is 12.4. The van der Waals surface area contributed by atoms with E-state index in [-0.39, 0.29) is 0 Å². The number of hydrogen-bond donors (Lipinski definition) is 2. The number of pyridine rings is 1. The van der Waals surface area contributed by atoms with Crippen molar-refractivity contribution in [1.82, 2.24) is 4.98 Å². The van der Waals surface area contributed by atoms with E-state index in [4.69, 9.17) is 5.73 Å². The van der Waals surface area contributed by atoms with Crippen molar-refractivity contribution < 1.29 is 0 Å². The molecular weight excluding hydrogens is 346 g/mol. The smallest absolute Gasteiger partial charge is 0.0794 e. The third-order valence-electron chi connectivity index (χ3n) is 2.24. The summed E-state index contributed by atoms with van der Waals surface area (Å²) in [6, 6.07) is 6.10. The molecule has 2 aromatic rings. The molecular formula is C12H11Br2N3. The highest BCUT2D eigenvalue weighted by atomic mass is 79.9. The fourth-order valence-electron chi connectivity index (χ4n) is 1.53. The van der Waals surface area contributed by atoms with Crippen molar-refractivity contribution in [2.24, 2.45) is 0 Å². The fourth-order valence-corrected chi connectivity index (χ4v) is 2.59. The molecule has 0 radical (unpaired) electrons. The molecule has 5 heteroatoms. The van der Waals surface area contributed by atoms with Gasteiger partial charge in [-0.05, 0) is 46.6 Å². The highest BCUT2D eigenvalue weighted by molar-refractivity contribution is 9.10. The number of nitrogens with two attached hydrogens (primary N) is 1. The molecule has 0 fully saturated rings. The number of nitrogens with one attached hydrogen (secondary N) is 1. The van der Waals surface area contributed by atoms with Gasteiger partial charge in [0.15, 0.2) is 0 Å². The molecule has 17 heavy (non-hydrogen) atoms. The summed E-state index contributed by atoms with van der Waals surface area (Å²) in [5, 5.41) is 3.28. The Morgan fingerprint density at radius 2 is 1.94 bits per heavy atom. The van der Waals surface area contributed by atoms with E-state index >= 15 is 0 Å². The van der Waals surface area contributed by atoms with Gasteiger partial charge in [-0.15, -0.1) is 0 Å². The molecule has 1 heterocycles. The summed E-state index contributed by atoms with van der Waals surface area (Å²) in [6.45, 7) is 2.04. The van der Waals surface area contributed by atoms with Gasteiger partial charge in [0, 0.05) is 16.4 Å². The molecule has 0 saturated carbocycles. The Morgan fingerprint density at radius 3 is 2.59 bits per heavy atom. The number of anilines is 3. The van der Waals surface area contributed by atoms with Crippen LogP contribution < -0.4 is 11.1 Å². The highest BCUT2D eigenvalue weighted by Crippen LogP contribution is 2.31. The maximum Gasteiger partial charge on any atom is 0.0794 e. The van der Waals surface area contributed by atoms with Gasteiger partial charge in [0.1, 0.15) is 0 Å². The molecule has 1 aromatic heterocycles. The fraction of sp³-hybridized carbons (Fsp3) is 0.0833. The van der Waals surface area contributed by atoms with E-state index < -0.39 is 0 Å². The molecule has 0 spiro atoms. The molecule has 0 aliphatic rings. The topological polar surface area (TPSA) is 50.9 Å². The molecule has 0 aliphatic heterocycles. The molecule has 0 bridgehead atoms. The highest BCUT2D eigenvalue weighted by Gasteiger charge is 2.05. The van der Waals surface area contributed by atoms with Crippen LogP contribution in [0.25, 0.3) is 0 Å². The largest absolute Gasteiger partial charge is 0.396 e. The number of nitrogens with zero attached hydrogens (tertiary/aromatic N) is 1. The molecule has 0 atom stereocenters. The van der Waals surface area contributed by atoms with Crippen LogP contribution in [0.2, 0.25) is 0 Å². The Labute approximate surface area is 117 Å². The van der Waals surface area contributed by atoms with Gasteiger partial charge < -0.3 is 11.1 Å². The normalized spacial score (nSPS) is 10.3. The molecule has 2 rings (SSSR count). The lowest BCUT2D eigenvalue weighted by Gasteiger charge is -2.11. The number of halogens is 2. The lowest BCUT2D eigenvalue weighted by atomic mass is 10.2. The Hall–Kier alpha value is -1.07. The molecule has 88 valence electrons. The number of hydrogen-bond acceptors (Lipinski definition) is 3. The van der Waals surface area contributed by atoms with Crippen LogP contribution in [0.5, 0.6) is 0 Å². The summed E-state index contributed by atoms with van der Waals surface area (Å²) in [5.41, 5.74) is 9.47. The first-order chi connectivity index (χ1) is 8.06. The number of rotatable bonds is 2. The first kappa shape index (κ1) is 12.4. The second kappa shape index (κ2) is 5.06. The Bertz CT molecular complexity index is 515. The average molecular weight is 357 g/mol. The lowest BCUT2D eigenvalue weighted by Crippen LogP contribution is -1.98. The van der Waals surface area contributed by atoms with Crippen LogP contribution in [0.1, 0.15) is 5.56 Å². The number of nitrogen functional groups attached to an aromatic ring is 1. The molecule has 3 nitrogen and oxygen atoms in total. The summed E-state index contributed by atoms with van der Waals surface area (Å²) in [4.78, 5) is 4.00. The Balaban J connectivity index is 2.38. The van der Waals surface area contributed by atoms with Gasteiger partial charge in [-0.25, -0.2) is 0 Å². The van der Waals surface area contributed by atoms with Gasteiger partial charge in [0.05, 0.1) is 22.0 Å². The Morgan fingerprint density at radius 1 is 1.18 bits per heavy atom. The van der Waals surface area contributed by atoms with Gasteiger partial charge >= 0.3 is 0 Å². The van der Waals surface area contributed by atoms with Crippen molar-refractivity contribution in [3.63, 3.8) is 0 Å². The third-order valence-corrected chi connectivity index (χ3v) is 3.30. The van der Waals surface area contributed by atoms with Crippen molar-refractivity contribution in [1.29, 1.82) is 0 Å². The molecule has 1 aromatic carbocycles. The predicted octanol–water partition coefficient (Wildman–Crippen LogP) is 4.24. The summed E-state index contributed by atoms with van der Waals surface area (Å²) in [6.07, 6.45) is 3.33. The quantitative estimate of drug-likeness (QED) is 0.846. The SMILES string of the molecule is Cc1cc(Br)cc(Nc2c(N)cncc2Br)c1. The zero-order valence-electron chi connectivity index (χ0n) is 9.17. The summed E-state index contributed by atoms with van der Waals surface area (Å²) < 4.78 is 1.87. The van der Waals surface area contributed by atoms with Gasteiger partial charge in [-0.1, -0.05) is 15.9 Å². The van der Waals surface area contributed by atoms with Crippen molar-refractivity contribution in [2.75, 3.05) is 11.1 Å². The first-order valence-corrected chi connectivity index (χ1v) is 6.58. The van der Waals surface area contributed by atoms with Gasteiger partial charge in [0.25, 0.3) is 0 Å². The Kier molecular flexibility index (Phi) is 3.69. The van der Waals surface area contributed by atoms with E-state index in [1.54, 1.807) is 12.4 Å². The van der Waals surface area contributed by atoms with Crippen molar-refractivity contribution in [3.8, 4) is 0 Å². The van der Waals surface area contributed by atoms with Crippen LogP contribution in [-0.2, 0) is 0 Å². The van der Waals surface area contributed by atoms with Crippen LogP contribution in [0, 0.1) is 6.92 Å². The second-order valence-corrected chi connectivity index (χ2v) is 5.50. The molecule has 0 aliphatic carbocycles. The van der Waals surface area contributed by atoms with Crippen LogP contribution in [0.15, 0.2) is 39.5 Å². The lowest BCUT2D eigenvalue weighted by molar-refractivity contribution is 1.31. The van der Waals surface area contributed by atoms with Crippen LogP contribution >= 0.6 is 31.9 Å². The molecule has 3 N–H and O–H groups in total. The molecule has 0 saturated heterocycles. The van der Waals surface area contributed by atoms with Crippen molar-refractivity contribution in [2.45, 2.75) is 6.92 Å². The minimum Gasteiger partial charge on any atom is -0.396 e. The summed E-state index contributed by atoms with van der Waals surface area (Å²) in [7, 11) is 0. The van der Waals surface area contributed by atoms with Crippen molar-refractivity contribution >= 4 is 48.9 Å². The van der Waals surface area contributed by atoms with Crippen LogP contribution in [0.4, 0.5) is 17.1 Å². The standard InChI is InChI=1S/C12H11Br2N3/c1-7-2-8(13)4-9(3-7)17-12-10(14)5-16-6-11(12)15/h2-6H,15H2,1H3,(H,16,17). The average Bonchev–Trinajstić information content (AvgIpc) is 2.22. The van der Waals surface area contributed by atoms with Gasteiger partial charge in [0.2, 0.25) is 0 Å². The van der Waals surface area contributed by atoms with E-state index in [0.717, 1.165) is 20.3 Å². The van der Waals surface area contributed by atoms with E-state index in [0.29, 0.717) is 5.69 Å². The van der Waals surface area contributed by atoms with Gasteiger partial charge in [-0.2, -0.15) is 0 Å². The molecule has 0 unspecified atom stereocenters. The van der Waals surface area contributed by atoms with Crippen molar-refractivity contribution in [3.05, 3.63) is 45.1 Å². The van der Waals surface area contributed by atoms with Crippen LogP contribution in [0.3, 0.4) is 0 Å². The van der Waals surface area contributed by atoms with Crippen LogP contribution in [-0.4, -0.2) is 4.98 Å². The predicted molar refractivity (Wildman–Crippen MR) is 78.5 cm³/mol. The maximum atomic E-state index is 5.88. The number of aromatic nitrogens is 1. The number of aryl methyl sites for hydroxylation is 1. The second-order valence-electron chi connectivity index (χ2n) is 3.73. The zero-order valence-corrected chi connectivity index (χ0v) is 12.3. The van der Waals surface area contributed by atoms with E-state index in [2.05, 4.69) is 54.3 Å². The third kappa shape index (κ3) is 2.98.